The molecule has 1 aromatic rings. The molecule has 0 unspecified atom stereocenters. The Morgan fingerprint density at radius 2 is 1.89 bits per heavy atom. The van der Waals surface area contributed by atoms with Gasteiger partial charge in [0, 0.05) is 13.6 Å². The second-order valence-corrected chi connectivity index (χ2v) is 5.58. The molecule has 18 heavy (non-hydrogen) atoms. The first kappa shape index (κ1) is 13.8. The smallest absolute Gasteiger partial charge is 0.147 e. The summed E-state index contributed by atoms with van der Waals surface area (Å²) in [7, 11) is 1.80. The van der Waals surface area contributed by atoms with Gasteiger partial charge in [-0.05, 0) is 18.4 Å². The molecular weight excluding hydrogens is 269 g/mol. The summed E-state index contributed by atoms with van der Waals surface area (Å²) in [5.74, 6) is 2.24. The normalized spacial score (nSPS) is 15.9. The zero-order valence-corrected chi connectivity index (χ0v) is 12.1. The Morgan fingerprint density at radius 1 is 1.22 bits per heavy atom. The molecule has 1 aliphatic rings. The summed E-state index contributed by atoms with van der Waals surface area (Å²) in [5.41, 5.74) is 0. The Kier molecular flexibility index (Phi) is 4.95. The highest BCUT2D eigenvalue weighted by molar-refractivity contribution is 6.37. The number of halogens is 2. The van der Waals surface area contributed by atoms with E-state index in [-0.39, 0.29) is 0 Å². The Hall–Kier alpha value is -0.670. The number of pyridine rings is 1. The second-order valence-electron chi connectivity index (χ2n) is 4.77. The molecule has 0 spiro atoms. The molecule has 1 fully saturated rings. The van der Waals surface area contributed by atoms with E-state index in [4.69, 9.17) is 23.2 Å². The van der Waals surface area contributed by atoms with E-state index in [2.05, 4.69) is 15.6 Å². The number of hydrogen-bond donors (Lipinski definition) is 2. The summed E-state index contributed by atoms with van der Waals surface area (Å²) in [5, 5.41) is 7.37. The van der Waals surface area contributed by atoms with E-state index in [1.165, 1.54) is 32.1 Å². The lowest BCUT2D eigenvalue weighted by Gasteiger charge is -2.13. The maximum Gasteiger partial charge on any atom is 0.147 e. The highest BCUT2D eigenvalue weighted by Crippen LogP contribution is 2.30. The van der Waals surface area contributed by atoms with Crippen LogP contribution >= 0.6 is 23.2 Å². The molecule has 1 aromatic heterocycles. The molecule has 0 aliphatic heterocycles. The van der Waals surface area contributed by atoms with Gasteiger partial charge < -0.3 is 10.6 Å². The lowest BCUT2D eigenvalue weighted by Crippen LogP contribution is -2.09. The van der Waals surface area contributed by atoms with E-state index in [1.54, 1.807) is 13.1 Å². The fraction of sp³-hybridized carbons (Fsp3) is 0.615. The number of rotatable bonds is 5. The molecule has 0 atom stereocenters. The largest absolute Gasteiger partial charge is 0.372 e. The Morgan fingerprint density at radius 3 is 2.56 bits per heavy atom. The Balaban J connectivity index is 1.91. The molecule has 5 heteroatoms. The predicted molar refractivity (Wildman–Crippen MR) is 78.9 cm³/mol. The van der Waals surface area contributed by atoms with Crippen LogP contribution < -0.4 is 10.6 Å². The van der Waals surface area contributed by atoms with E-state index in [1.807, 2.05) is 0 Å². The van der Waals surface area contributed by atoms with E-state index in [9.17, 15) is 0 Å². The van der Waals surface area contributed by atoms with Crippen molar-refractivity contribution in [3.8, 4) is 0 Å². The van der Waals surface area contributed by atoms with Crippen LogP contribution in [-0.4, -0.2) is 18.6 Å². The molecule has 2 N–H and O–H groups in total. The van der Waals surface area contributed by atoms with Crippen molar-refractivity contribution in [1.82, 2.24) is 4.98 Å². The minimum absolute atomic E-state index is 0.545. The number of nitrogens with zero attached hydrogens (tertiary/aromatic N) is 1. The molecule has 0 aromatic carbocycles. The van der Waals surface area contributed by atoms with Crippen molar-refractivity contribution in [3.05, 3.63) is 16.1 Å². The first-order valence-electron chi connectivity index (χ1n) is 6.48. The van der Waals surface area contributed by atoms with Gasteiger partial charge in [0.2, 0.25) is 0 Å². The summed E-state index contributed by atoms with van der Waals surface area (Å²) in [6, 6.07) is 1.72. The average molecular weight is 288 g/mol. The fourth-order valence-electron chi connectivity index (χ4n) is 2.46. The second kappa shape index (κ2) is 6.48. The third-order valence-electron chi connectivity index (χ3n) is 3.49. The van der Waals surface area contributed by atoms with Gasteiger partial charge in [0.1, 0.15) is 11.6 Å². The predicted octanol–water partition coefficient (Wildman–Crippen LogP) is 4.42. The van der Waals surface area contributed by atoms with Crippen molar-refractivity contribution >= 4 is 34.8 Å². The highest BCUT2D eigenvalue weighted by Gasteiger charge is 2.15. The van der Waals surface area contributed by atoms with E-state index in [0.29, 0.717) is 21.7 Å². The maximum atomic E-state index is 6.12. The molecule has 0 saturated heterocycles. The summed E-state index contributed by atoms with van der Waals surface area (Å²) >= 11 is 12.1. The zero-order chi connectivity index (χ0) is 13.0. The molecular formula is C13H19Cl2N3. The fourth-order valence-corrected chi connectivity index (χ4v) is 2.98. The van der Waals surface area contributed by atoms with Gasteiger partial charge in [-0.1, -0.05) is 48.9 Å². The van der Waals surface area contributed by atoms with Gasteiger partial charge in [0.05, 0.1) is 10.0 Å². The van der Waals surface area contributed by atoms with Crippen LogP contribution in [0.1, 0.15) is 32.1 Å². The summed E-state index contributed by atoms with van der Waals surface area (Å²) in [6.45, 7) is 0.919. The summed E-state index contributed by atoms with van der Waals surface area (Å²) < 4.78 is 0. The lowest BCUT2D eigenvalue weighted by molar-refractivity contribution is 0.518. The lowest BCUT2D eigenvalue weighted by atomic mass is 10.0. The minimum Gasteiger partial charge on any atom is -0.372 e. The number of anilines is 2. The topological polar surface area (TPSA) is 37.0 Å². The molecule has 0 bridgehead atoms. The van der Waals surface area contributed by atoms with Gasteiger partial charge in [0.25, 0.3) is 0 Å². The Bertz CT molecular complexity index is 403. The van der Waals surface area contributed by atoms with Gasteiger partial charge in [-0.15, -0.1) is 0 Å². The number of hydrogen-bond acceptors (Lipinski definition) is 3. The van der Waals surface area contributed by atoms with Crippen molar-refractivity contribution in [3.63, 3.8) is 0 Å². The zero-order valence-electron chi connectivity index (χ0n) is 10.6. The van der Waals surface area contributed by atoms with Crippen molar-refractivity contribution in [1.29, 1.82) is 0 Å². The monoisotopic (exact) mass is 287 g/mol. The SMILES string of the molecule is CNc1nc(NCCC2CCCC2)c(Cl)cc1Cl. The van der Waals surface area contributed by atoms with Gasteiger partial charge >= 0.3 is 0 Å². The third-order valence-corrected chi connectivity index (χ3v) is 4.06. The average Bonchev–Trinajstić information content (AvgIpc) is 2.85. The van der Waals surface area contributed by atoms with Gasteiger partial charge in [-0.25, -0.2) is 4.98 Å². The molecule has 1 aliphatic carbocycles. The molecule has 1 heterocycles. The van der Waals surface area contributed by atoms with Crippen LogP contribution in [0.15, 0.2) is 6.07 Å². The van der Waals surface area contributed by atoms with E-state index < -0.39 is 0 Å². The summed E-state index contributed by atoms with van der Waals surface area (Å²) in [6.07, 6.45) is 6.69. The Labute approximate surface area is 118 Å². The van der Waals surface area contributed by atoms with Gasteiger partial charge in [-0.2, -0.15) is 0 Å². The van der Waals surface area contributed by atoms with Crippen molar-refractivity contribution in [2.24, 2.45) is 5.92 Å². The van der Waals surface area contributed by atoms with E-state index >= 15 is 0 Å². The van der Waals surface area contributed by atoms with Crippen molar-refractivity contribution in [2.45, 2.75) is 32.1 Å². The van der Waals surface area contributed by atoms with Crippen LogP contribution in [0.25, 0.3) is 0 Å². The highest BCUT2D eigenvalue weighted by atomic mass is 35.5. The van der Waals surface area contributed by atoms with E-state index in [0.717, 1.165) is 12.5 Å². The quantitative estimate of drug-likeness (QED) is 0.842. The van der Waals surface area contributed by atoms with Crippen LogP contribution in [-0.2, 0) is 0 Å². The standard InChI is InChI=1S/C13H19Cl2N3/c1-16-12-10(14)8-11(15)13(18-12)17-7-6-9-4-2-3-5-9/h8-9H,2-7H2,1H3,(H2,16,17,18). The molecule has 1 saturated carbocycles. The summed E-state index contributed by atoms with van der Waals surface area (Å²) in [4.78, 5) is 4.37. The van der Waals surface area contributed by atoms with Crippen LogP contribution in [0, 0.1) is 5.92 Å². The van der Waals surface area contributed by atoms with Crippen LogP contribution in [0.2, 0.25) is 10.0 Å². The van der Waals surface area contributed by atoms with Gasteiger partial charge in [-0.3, -0.25) is 0 Å². The van der Waals surface area contributed by atoms with Gasteiger partial charge in [0.15, 0.2) is 0 Å². The number of nitrogens with one attached hydrogen (secondary N) is 2. The first-order chi connectivity index (χ1) is 8.70. The molecule has 0 radical (unpaired) electrons. The van der Waals surface area contributed by atoms with Crippen LogP contribution in [0.3, 0.4) is 0 Å². The van der Waals surface area contributed by atoms with Crippen molar-refractivity contribution < 1.29 is 0 Å². The van der Waals surface area contributed by atoms with Crippen LogP contribution in [0.4, 0.5) is 11.6 Å². The maximum absolute atomic E-state index is 6.12. The first-order valence-corrected chi connectivity index (χ1v) is 7.24. The molecule has 2 rings (SSSR count). The van der Waals surface area contributed by atoms with Crippen LogP contribution in [0.5, 0.6) is 0 Å². The molecule has 0 amide bonds. The number of aromatic nitrogens is 1. The minimum atomic E-state index is 0.545. The van der Waals surface area contributed by atoms with Crippen molar-refractivity contribution in [2.75, 3.05) is 24.2 Å². The third kappa shape index (κ3) is 3.42. The molecule has 100 valence electrons. The molecule has 3 nitrogen and oxygen atoms in total.